The number of hydrogen-bond acceptors (Lipinski definition) is 3. The van der Waals surface area contributed by atoms with Crippen LogP contribution in [0.15, 0.2) is 16.6 Å². The Morgan fingerprint density at radius 1 is 1.40 bits per heavy atom. The molecular weight excluding hydrogens is 320 g/mol. The first-order valence-corrected chi connectivity index (χ1v) is 7.77. The molecule has 110 valence electrons. The van der Waals surface area contributed by atoms with Crippen LogP contribution in [-0.4, -0.2) is 18.6 Å². The molecule has 1 amide bonds. The first-order valence-electron chi connectivity index (χ1n) is 6.98. The number of anilines is 1. The molecular formula is C15H21BrN2O2. The minimum Gasteiger partial charge on any atom is -0.489 e. The van der Waals surface area contributed by atoms with Crippen LogP contribution in [0.3, 0.4) is 0 Å². The van der Waals surface area contributed by atoms with E-state index in [9.17, 15) is 4.79 Å². The maximum absolute atomic E-state index is 11.9. The maximum atomic E-state index is 11.9. The van der Waals surface area contributed by atoms with Gasteiger partial charge in [0.05, 0.1) is 10.6 Å². The highest BCUT2D eigenvalue weighted by atomic mass is 79.9. The fourth-order valence-electron chi connectivity index (χ4n) is 2.10. The summed E-state index contributed by atoms with van der Waals surface area (Å²) in [5.74, 6) is 1.18. The molecule has 0 aromatic heterocycles. The Labute approximate surface area is 128 Å². The van der Waals surface area contributed by atoms with E-state index in [1.807, 2.05) is 26.0 Å². The third-order valence-electron chi connectivity index (χ3n) is 3.60. The highest BCUT2D eigenvalue weighted by Crippen LogP contribution is 2.39. The summed E-state index contributed by atoms with van der Waals surface area (Å²) in [4.78, 5) is 11.9. The molecule has 0 bridgehead atoms. The zero-order valence-electron chi connectivity index (χ0n) is 12.3. The summed E-state index contributed by atoms with van der Waals surface area (Å²) < 4.78 is 6.82. The van der Waals surface area contributed by atoms with Crippen LogP contribution in [0.25, 0.3) is 0 Å². The lowest BCUT2D eigenvalue weighted by Gasteiger charge is -2.20. The molecule has 2 unspecified atom stereocenters. The van der Waals surface area contributed by atoms with Crippen LogP contribution in [0.1, 0.15) is 39.3 Å². The van der Waals surface area contributed by atoms with Crippen molar-refractivity contribution in [3.8, 4) is 5.75 Å². The van der Waals surface area contributed by atoms with Crippen LogP contribution in [0.4, 0.5) is 5.69 Å². The van der Waals surface area contributed by atoms with E-state index in [0.717, 1.165) is 28.0 Å². The molecule has 0 aliphatic carbocycles. The van der Waals surface area contributed by atoms with E-state index in [1.165, 1.54) is 0 Å². The van der Waals surface area contributed by atoms with E-state index in [-0.39, 0.29) is 18.1 Å². The Hall–Kier alpha value is -1.07. The number of ether oxygens (including phenoxy) is 1. The number of amides is 1. The number of hydrogen-bond donors (Lipinski definition) is 2. The highest BCUT2D eigenvalue weighted by Gasteiger charge is 2.31. The molecule has 1 aliphatic heterocycles. The van der Waals surface area contributed by atoms with Crippen molar-refractivity contribution in [1.82, 2.24) is 5.32 Å². The smallest absolute Gasteiger partial charge is 0.246 e. The second-order valence-corrected chi connectivity index (χ2v) is 6.27. The Balaban J connectivity index is 2.29. The van der Waals surface area contributed by atoms with Gasteiger partial charge < -0.3 is 15.4 Å². The van der Waals surface area contributed by atoms with E-state index < -0.39 is 0 Å². The Morgan fingerprint density at radius 3 is 2.70 bits per heavy atom. The lowest BCUT2D eigenvalue weighted by atomic mass is 10.1. The Morgan fingerprint density at radius 2 is 2.10 bits per heavy atom. The molecule has 0 spiro atoms. The maximum Gasteiger partial charge on any atom is 0.246 e. The van der Waals surface area contributed by atoms with Crippen LogP contribution in [0.2, 0.25) is 0 Å². The summed E-state index contributed by atoms with van der Waals surface area (Å²) in [7, 11) is 0. The topological polar surface area (TPSA) is 50.4 Å². The molecule has 5 heteroatoms. The normalized spacial score (nSPS) is 18.9. The first-order chi connectivity index (χ1) is 9.43. The lowest BCUT2D eigenvalue weighted by molar-refractivity contribution is -0.117. The second-order valence-electron chi connectivity index (χ2n) is 5.42. The van der Waals surface area contributed by atoms with Crippen LogP contribution in [0, 0.1) is 5.92 Å². The lowest BCUT2D eigenvalue weighted by Crippen LogP contribution is -2.27. The third-order valence-corrected chi connectivity index (χ3v) is 4.21. The summed E-state index contributed by atoms with van der Waals surface area (Å²) in [6.45, 7) is 9.02. The molecule has 2 rings (SSSR count). The number of nitrogens with one attached hydrogen (secondary N) is 2. The number of rotatable bonds is 5. The zero-order chi connectivity index (χ0) is 14.9. The summed E-state index contributed by atoms with van der Waals surface area (Å²) in [6, 6.07) is 3.58. The van der Waals surface area contributed by atoms with E-state index >= 15 is 0 Å². The molecule has 0 radical (unpaired) electrons. The van der Waals surface area contributed by atoms with Crippen LogP contribution >= 0.6 is 15.9 Å². The van der Waals surface area contributed by atoms with Crippen molar-refractivity contribution in [3.05, 3.63) is 22.2 Å². The summed E-state index contributed by atoms with van der Waals surface area (Å²) in [5.41, 5.74) is 1.79. The number of benzene rings is 1. The molecule has 4 nitrogen and oxygen atoms in total. The monoisotopic (exact) mass is 340 g/mol. The number of carbonyl (C=O) groups excluding carboxylic acids is 1. The average Bonchev–Trinajstić information content (AvgIpc) is 2.67. The van der Waals surface area contributed by atoms with Gasteiger partial charge in [0.15, 0.2) is 0 Å². The van der Waals surface area contributed by atoms with Gasteiger partial charge in [0, 0.05) is 17.3 Å². The van der Waals surface area contributed by atoms with Crippen molar-refractivity contribution in [2.24, 2.45) is 5.92 Å². The van der Waals surface area contributed by atoms with E-state index in [4.69, 9.17) is 4.74 Å². The fraction of sp³-hybridized carbons (Fsp3) is 0.533. The van der Waals surface area contributed by atoms with Crippen LogP contribution in [-0.2, 0) is 4.79 Å². The first kappa shape index (κ1) is 15.3. The van der Waals surface area contributed by atoms with Gasteiger partial charge in [-0.1, -0.05) is 20.8 Å². The molecule has 1 aromatic carbocycles. The molecule has 20 heavy (non-hydrogen) atoms. The average molecular weight is 341 g/mol. The Kier molecular flexibility index (Phi) is 4.70. The molecule has 1 aromatic rings. The second kappa shape index (κ2) is 6.14. The van der Waals surface area contributed by atoms with Gasteiger partial charge in [-0.2, -0.15) is 0 Å². The molecule has 1 aliphatic rings. The summed E-state index contributed by atoms with van der Waals surface area (Å²) >= 11 is 3.53. The van der Waals surface area contributed by atoms with Crippen molar-refractivity contribution in [2.75, 3.05) is 11.9 Å². The molecule has 2 atom stereocenters. The number of halogens is 1. The predicted molar refractivity (Wildman–Crippen MR) is 84.1 cm³/mol. The van der Waals surface area contributed by atoms with Gasteiger partial charge in [0.25, 0.3) is 0 Å². The van der Waals surface area contributed by atoms with E-state index in [0.29, 0.717) is 5.92 Å². The minimum absolute atomic E-state index is 0.0113. The van der Waals surface area contributed by atoms with Gasteiger partial charge in [-0.05, 0) is 41.4 Å². The molecule has 0 saturated heterocycles. The largest absolute Gasteiger partial charge is 0.489 e. The number of fused-ring (bicyclic) bond motifs is 1. The predicted octanol–water partition coefficient (Wildman–Crippen LogP) is 3.48. The fourth-order valence-corrected chi connectivity index (χ4v) is 2.55. The minimum atomic E-state index is -0.275. The Bertz CT molecular complexity index is 517. The number of likely N-dealkylation sites (N-methyl/N-ethyl adjacent to an activating group) is 1. The van der Waals surface area contributed by atoms with Gasteiger partial charge in [-0.3, -0.25) is 4.79 Å². The zero-order valence-corrected chi connectivity index (χ0v) is 13.9. The van der Waals surface area contributed by atoms with Gasteiger partial charge >= 0.3 is 0 Å². The van der Waals surface area contributed by atoms with Crippen molar-refractivity contribution in [3.63, 3.8) is 0 Å². The van der Waals surface area contributed by atoms with Gasteiger partial charge in [0.2, 0.25) is 5.91 Å². The van der Waals surface area contributed by atoms with E-state index in [1.54, 1.807) is 0 Å². The summed E-state index contributed by atoms with van der Waals surface area (Å²) in [5, 5.41) is 6.08. The SMILES string of the molecule is CCNC1C(=O)Nc2cc(OC(C)C(C)C)c(Br)cc21. The van der Waals surface area contributed by atoms with E-state index in [2.05, 4.69) is 40.4 Å². The van der Waals surface area contributed by atoms with Crippen LogP contribution in [0.5, 0.6) is 5.75 Å². The quantitative estimate of drug-likeness (QED) is 0.862. The standard InChI is InChI=1S/C15H21BrN2O2/c1-5-17-14-10-6-11(16)13(20-9(4)8(2)3)7-12(10)18-15(14)19/h6-9,14,17H,5H2,1-4H3,(H,18,19). The molecule has 0 fully saturated rings. The van der Waals surface area contributed by atoms with Gasteiger partial charge in [-0.25, -0.2) is 0 Å². The summed E-state index contributed by atoms with van der Waals surface area (Å²) in [6.07, 6.45) is 0.117. The van der Waals surface area contributed by atoms with Gasteiger partial charge in [-0.15, -0.1) is 0 Å². The molecule has 0 saturated carbocycles. The third kappa shape index (κ3) is 2.99. The van der Waals surface area contributed by atoms with Crippen molar-refractivity contribution >= 4 is 27.5 Å². The highest BCUT2D eigenvalue weighted by molar-refractivity contribution is 9.10. The number of carbonyl (C=O) groups is 1. The van der Waals surface area contributed by atoms with Crippen molar-refractivity contribution in [1.29, 1.82) is 0 Å². The van der Waals surface area contributed by atoms with Gasteiger partial charge in [0.1, 0.15) is 11.8 Å². The van der Waals surface area contributed by atoms with Crippen molar-refractivity contribution < 1.29 is 9.53 Å². The van der Waals surface area contributed by atoms with Crippen molar-refractivity contribution in [2.45, 2.75) is 39.8 Å². The molecule has 2 N–H and O–H groups in total. The van der Waals surface area contributed by atoms with Crippen LogP contribution < -0.4 is 15.4 Å². The molecule has 1 heterocycles.